The molecule has 3 unspecified atom stereocenters. The summed E-state index contributed by atoms with van der Waals surface area (Å²) in [6.45, 7) is 3.86. The predicted molar refractivity (Wildman–Crippen MR) is 174 cm³/mol. The van der Waals surface area contributed by atoms with Gasteiger partial charge in [-0.15, -0.1) is 0 Å². The number of benzene rings is 4. The summed E-state index contributed by atoms with van der Waals surface area (Å²) >= 11 is 0. The van der Waals surface area contributed by atoms with Gasteiger partial charge in [0.05, 0.1) is 40.6 Å². The van der Waals surface area contributed by atoms with Crippen LogP contribution < -0.4 is 9.80 Å². The maximum absolute atomic E-state index is 13.0. The minimum Gasteiger partial charge on any atom is -0.392 e. The number of imide groups is 1. The zero-order chi connectivity index (χ0) is 32.5. The molecule has 0 aliphatic carbocycles. The van der Waals surface area contributed by atoms with Crippen LogP contribution in [-0.4, -0.2) is 65.6 Å². The molecule has 3 atom stereocenters. The lowest BCUT2D eigenvalue weighted by Crippen LogP contribution is -2.49. The number of aliphatic hydroxyl groups is 1. The SMILES string of the molecule is O=C1c2ccccc2C(=O)N1c1ccc(C2OC(CN3CCN(c4ccc([N+](=O)[O-])cc4)CC3)CC(c3ccc(CO)cc3)O2)cc1. The fraction of sp³-hybridized carbons (Fsp3) is 0.278. The highest BCUT2D eigenvalue weighted by Gasteiger charge is 2.37. The molecular formula is C36H34N4O7. The van der Waals surface area contributed by atoms with Gasteiger partial charge in [-0.2, -0.15) is 0 Å². The largest absolute Gasteiger partial charge is 0.392 e. The van der Waals surface area contributed by atoms with Crippen LogP contribution in [0.5, 0.6) is 0 Å². The number of amides is 2. The van der Waals surface area contributed by atoms with Gasteiger partial charge in [0.25, 0.3) is 17.5 Å². The van der Waals surface area contributed by atoms with Crippen LogP contribution in [0.3, 0.4) is 0 Å². The topological polar surface area (TPSA) is 126 Å². The Labute approximate surface area is 271 Å². The summed E-state index contributed by atoms with van der Waals surface area (Å²) in [5.74, 6) is -0.688. The van der Waals surface area contributed by atoms with Crippen molar-refractivity contribution in [2.24, 2.45) is 0 Å². The van der Waals surface area contributed by atoms with Crippen LogP contribution >= 0.6 is 0 Å². The molecule has 3 aliphatic rings. The summed E-state index contributed by atoms with van der Waals surface area (Å²) in [6, 6.07) is 28.4. The number of hydrogen-bond acceptors (Lipinski definition) is 9. The summed E-state index contributed by atoms with van der Waals surface area (Å²) < 4.78 is 13.1. The summed E-state index contributed by atoms with van der Waals surface area (Å²) in [5, 5.41) is 20.6. The molecule has 7 rings (SSSR count). The minimum atomic E-state index is -0.672. The van der Waals surface area contributed by atoms with E-state index < -0.39 is 6.29 Å². The number of fused-ring (bicyclic) bond motifs is 1. The van der Waals surface area contributed by atoms with E-state index in [9.17, 15) is 24.8 Å². The molecule has 0 spiro atoms. The van der Waals surface area contributed by atoms with Crippen molar-refractivity contribution in [1.82, 2.24) is 4.90 Å². The van der Waals surface area contributed by atoms with Crippen LogP contribution in [0.15, 0.2) is 97.1 Å². The Balaban J connectivity index is 1.06. The van der Waals surface area contributed by atoms with Crippen LogP contribution in [0.1, 0.15) is 56.2 Å². The second-order valence-electron chi connectivity index (χ2n) is 12.0. The van der Waals surface area contributed by atoms with E-state index >= 15 is 0 Å². The molecular weight excluding hydrogens is 600 g/mol. The van der Waals surface area contributed by atoms with Crippen LogP contribution in [0.4, 0.5) is 17.1 Å². The number of anilines is 2. The zero-order valence-electron chi connectivity index (χ0n) is 25.6. The van der Waals surface area contributed by atoms with Gasteiger partial charge in [0, 0.05) is 62.5 Å². The van der Waals surface area contributed by atoms with Gasteiger partial charge >= 0.3 is 0 Å². The smallest absolute Gasteiger partial charge is 0.269 e. The van der Waals surface area contributed by atoms with Gasteiger partial charge in [0.1, 0.15) is 0 Å². The molecule has 0 radical (unpaired) electrons. The van der Waals surface area contributed by atoms with E-state index in [0.29, 0.717) is 29.8 Å². The number of non-ortho nitro benzene ring substituents is 1. The minimum absolute atomic E-state index is 0.0362. The van der Waals surface area contributed by atoms with Crippen molar-refractivity contribution < 1.29 is 29.1 Å². The van der Waals surface area contributed by atoms with Crippen molar-refractivity contribution in [2.75, 3.05) is 42.5 Å². The first kappa shape index (κ1) is 30.7. The summed E-state index contributed by atoms with van der Waals surface area (Å²) in [7, 11) is 0. The first-order chi connectivity index (χ1) is 22.9. The summed E-state index contributed by atoms with van der Waals surface area (Å²) in [6.07, 6.45) is -0.416. The average molecular weight is 635 g/mol. The number of piperazine rings is 1. The van der Waals surface area contributed by atoms with E-state index in [1.807, 2.05) is 36.4 Å². The first-order valence-electron chi connectivity index (χ1n) is 15.7. The number of aliphatic hydroxyl groups excluding tert-OH is 1. The number of nitrogens with zero attached hydrogens (tertiary/aromatic N) is 4. The third kappa shape index (κ3) is 6.26. The molecule has 240 valence electrons. The van der Waals surface area contributed by atoms with E-state index in [4.69, 9.17) is 9.47 Å². The lowest BCUT2D eigenvalue weighted by atomic mass is 9.99. The Bertz CT molecular complexity index is 1740. The molecule has 3 heterocycles. The van der Waals surface area contributed by atoms with Gasteiger partial charge in [-0.05, 0) is 47.5 Å². The standard InChI is InChI=1S/C36H34N4O7/c41-23-24-5-7-25(8-6-24)33-21-30(22-37-17-19-38(20-18-37)27-13-15-29(16-14-27)40(44)45)46-36(47-33)26-9-11-28(12-10-26)39-34(42)31-3-1-2-4-32(31)35(39)43/h1-16,30,33,36,41H,17-23H2. The van der Waals surface area contributed by atoms with Crippen LogP contribution in [0, 0.1) is 10.1 Å². The third-order valence-electron chi connectivity index (χ3n) is 9.09. The Hall–Kier alpha value is -4.94. The molecule has 0 aromatic heterocycles. The van der Waals surface area contributed by atoms with E-state index in [1.54, 1.807) is 48.5 Å². The number of ether oxygens (including phenoxy) is 2. The molecule has 2 fully saturated rings. The van der Waals surface area contributed by atoms with E-state index in [2.05, 4.69) is 9.80 Å². The Morgan fingerprint density at radius 3 is 1.94 bits per heavy atom. The van der Waals surface area contributed by atoms with Crippen molar-refractivity contribution in [2.45, 2.75) is 31.5 Å². The molecule has 47 heavy (non-hydrogen) atoms. The highest BCUT2D eigenvalue weighted by molar-refractivity contribution is 6.34. The number of rotatable bonds is 8. The number of nitro groups is 1. The molecule has 4 aromatic rings. The second-order valence-corrected chi connectivity index (χ2v) is 12.0. The Morgan fingerprint density at radius 2 is 1.34 bits per heavy atom. The molecule has 1 N–H and O–H groups in total. The molecule has 2 amide bonds. The Kier molecular flexibility index (Phi) is 8.52. The van der Waals surface area contributed by atoms with Crippen molar-refractivity contribution in [3.8, 4) is 0 Å². The van der Waals surface area contributed by atoms with E-state index in [0.717, 1.165) is 48.6 Å². The van der Waals surface area contributed by atoms with Crippen molar-refractivity contribution in [1.29, 1.82) is 0 Å². The van der Waals surface area contributed by atoms with Crippen molar-refractivity contribution >= 4 is 28.9 Å². The normalized spacial score (nSPS) is 21.6. The Morgan fingerprint density at radius 1 is 0.745 bits per heavy atom. The zero-order valence-corrected chi connectivity index (χ0v) is 25.6. The van der Waals surface area contributed by atoms with Crippen molar-refractivity contribution in [3.05, 3.63) is 135 Å². The summed E-state index contributed by atoms with van der Waals surface area (Å²) in [4.78, 5) is 42.5. The molecule has 0 saturated carbocycles. The number of carbonyl (C=O) groups excluding carboxylic acids is 2. The lowest BCUT2D eigenvalue weighted by Gasteiger charge is -2.41. The molecule has 11 nitrogen and oxygen atoms in total. The maximum atomic E-state index is 13.0. The number of hydrogen-bond donors (Lipinski definition) is 1. The molecule has 0 bridgehead atoms. The van der Waals surface area contributed by atoms with Gasteiger partial charge < -0.3 is 19.5 Å². The van der Waals surface area contributed by atoms with Crippen LogP contribution in [0.25, 0.3) is 0 Å². The third-order valence-corrected chi connectivity index (χ3v) is 9.09. The molecule has 11 heteroatoms. The second kappa shape index (κ2) is 13.0. The van der Waals surface area contributed by atoms with Crippen LogP contribution in [-0.2, 0) is 16.1 Å². The number of carbonyl (C=O) groups is 2. The van der Waals surface area contributed by atoms with Gasteiger partial charge in [0.2, 0.25) is 0 Å². The number of nitro benzene ring substituents is 1. The van der Waals surface area contributed by atoms with Gasteiger partial charge in [-0.3, -0.25) is 24.6 Å². The fourth-order valence-corrected chi connectivity index (χ4v) is 6.50. The highest BCUT2D eigenvalue weighted by Crippen LogP contribution is 2.39. The monoisotopic (exact) mass is 634 g/mol. The maximum Gasteiger partial charge on any atom is 0.269 e. The van der Waals surface area contributed by atoms with Crippen molar-refractivity contribution in [3.63, 3.8) is 0 Å². The first-order valence-corrected chi connectivity index (χ1v) is 15.7. The average Bonchev–Trinajstić information content (AvgIpc) is 3.37. The van der Waals surface area contributed by atoms with Gasteiger partial charge in [-0.25, -0.2) is 4.90 Å². The van der Waals surface area contributed by atoms with Gasteiger partial charge in [0.15, 0.2) is 6.29 Å². The summed E-state index contributed by atoms with van der Waals surface area (Å²) in [5.41, 5.74) is 4.91. The van der Waals surface area contributed by atoms with Gasteiger partial charge in [-0.1, -0.05) is 48.5 Å². The van der Waals surface area contributed by atoms with Crippen LogP contribution in [0.2, 0.25) is 0 Å². The quantitative estimate of drug-likeness (QED) is 0.157. The van der Waals surface area contributed by atoms with E-state index in [-0.39, 0.29) is 41.2 Å². The van der Waals surface area contributed by atoms with E-state index in [1.165, 1.54) is 17.0 Å². The predicted octanol–water partition coefficient (Wildman–Crippen LogP) is 5.26. The molecule has 2 saturated heterocycles. The fourth-order valence-electron chi connectivity index (χ4n) is 6.50. The highest BCUT2D eigenvalue weighted by atomic mass is 16.7. The molecule has 3 aliphatic heterocycles. The lowest BCUT2D eigenvalue weighted by molar-refractivity contribution is -0.384. The molecule has 4 aromatic carbocycles.